The van der Waals surface area contributed by atoms with Crippen LogP contribution in [0.1, 0.15) is 38.5 Å². The molecule has 0 spiro atoms. The first-order valence-electron chi connectivity index (χ1n) is 9.37. The zero-order chi connectivity index (χ0) is 18.1. The van der Waals surface area contributed by atoms with Crippen LogP contribution in [0.25, 0.3) is 0 Å². The predicted octanol–water partition coefficient (Wildman–Crippen LogP) is 3.64. The van der Waals surface area contributed by atoms with Crippen molar-refractivity contribution in [2.24, 2.45) is 11.3 Å². The minimum Gasteiger partial charge on any atom is -0.337 e. The van der Waals surface area contributed by atoms with E-state index in [4.69, 9.17) is 0 Å². The number of amides is 3. The van der Waals surface area contributed by atoms with Crippen molar-refractivity contribution in [3.8, 4) is 0 Å². The summed E-state index contributed by atoms with van der Waals surface area (Å²) >= 11 is 0. The van der Waals surface area contributed by atoms with E-state index in [1.807, 2.05) is 4.90 Å². The number of rotatable bonds is 5. The number of urea groups is 1. The number of likely N-dealkylation sites (tertiary alicyclic amines) is 1. The molecule has 0 aromatic heterocycles. The average Bonchev–Trinajstić information content (AvgIpc) is 3.33. The Hall–Kier alpha value is -2.37. The van der Waals surface area contributed by atoms with Gasteiger partial charge in [-0.2, -0.15) is 0 Å². The Morgan fingerprint density at radius 1 is 1.31 bits per heavy atom. The fourth-order valence-corrected chi connectivity index (χ4v) is 4.11. The number of benzene rings is 1. The highest BCUT2D eigenvalue weighted by Gasteiger charge is 2.46. The molecule has 2 fully saturated rings. The number of hydrogen-bond acceptors (Lipinski definition) is 2. The lowest BCUT2D eigenvalue weighted by Gasteiger charge is -2.42. The van der Waals surface area contributed by atoms with Crippen LogP contribution in [0.5, 0.6) is 0 Å². The lowest BCUT2D eigenvalue weighted by atomic mass is 9.76. The number of halogens is 1. The summed E-state index contributed by atoms with van der Waals surface area (Å²) in [6, 6.07) is 5.49. The molecule has 2 N–H and O–H groups in total. The number of allylic oxidation sites excluding steroid dienone is 1. The Kier molecular flexibility index (Phi) is 4.42. The van der Waals surface area contributed by atoms with Crippen LogP contribution in [-0.4, -0.2) is 29.9 Å². The smallest absolute Gasteiger partial charge is 0.319 e. The number of hydrogen-bond donors (Lipinski definition) is 2. The van der Waals surface area contributed by atoms with Crippen molar-refractivity contribution in [1.29, 1.82) is 0 Å². The van der Waals surface area contributed by atoms with Crippen molar-refractivity contribution >= 4 is 17.6 Å². The summed E-state index contributed by atoms with van der Waals surface area (Å²) in [5.74, 6) is 0.467. The maximum atomic E-state index is 13.2. The van der Waals surface area contributed by atoms with Crippen LogP contribution < -0.4 is 10.6 Å². The van der Waals surface area contributed by atoms with Gasteiger partial charge in [-0.1, -0.05) is 12.1 Å². The third kappa shape index (κ3) is 3.45. The summed E-state index contributed by atoms with van der Waals surface area (Å²) in [6.07, 6.45) is 7.80. The molecule has 1 aromatic carbocycles. The quantitative estimate of drug-likeness (QED) is 0.845. The minimum atomic E-state index is -0.385. The summed E-state index contributed by atoms with van der Waals surface area (Å²) in [6.45, 7) is 1.32. The van der Waals surface area contributed by atoms with Gasteiger partial charge in [0.2, 0.25) is 5.91 Å². The van der Waals surface area contributed by atoms with Gasteiger partial charge in [0.1, 0.15) is 5.82 Å². The second-order valence-corrected chi connectivity index (χ2v) is 7.67. The molecule has 5 nitrogen and oxygen atoms in total. The van der Waals surface area contributed by atoms with E-state index in [-0.39, 0.29) is 23.2 Å². The van der Waals surface area contributed by atoms with Crippen LogP contribution >= 0.6 is 0 Å². The molecule has 1 heterocycles. The molecule has 0 radical (unpaired) electrons. The van der Waals surface area contributed by atoms with Crippen LogP contribution in [0.2, 0.25) is 0 Å². The van der Waals surface area contributed by atoms with Crippen LogP contribution in [0.4, 0.5) is 14.9 Å². The first-order chi connectivity index (χ1) is 12.6. The third-order valence-electron chi connectivity index (χ3n) is 5.72. The molecular formula is C20H24FN3O2. The van der Waals surface area contributed by atoms with Gasteiger partial charge in [-0.25, -0.2) is 9.18 Å². The molecule has 1 saturated heterocycles. The monoisotopic (exact) mass is 357 g/mol. The van der Waals surface area contributed by atoms with Crippen LogP contribution in [-0.2, 0) is 4.79 Å². The maximum Gasteiger partial charge on any atom is 0.319 e. The van der Waals surface area contributed by atoms with Crippen molar-refractivity contribution < 1.29 is 14.0 Å². The molecular weight excluding hydrogens is 333 g/mol. The number of anilines is 1. The molecule has 1 unspecified atom stereocenters. The highest BCUT2D eigenvalue weighted by Crippen LogP contribution is 2.48. The first kappa shape index (κ1) is 17.1. The molecule has 3 amide bonds. The highest BCUT2D eigenvalue weighted by molar-refractivity contribution is 5.89. The SMILES string of the molecule is O=C(NCC12CCC=C1N(CC1CC1)C(=O)CC2)Nc1cccc(F)c1. The van der Waals surface area contributed by atoms with Crippen LogP contribution in [0, 0.1) is 17.2 Å². The standard InChI is InChI=1S/C20H24FN3O2/c21-15-3-1-4-16(11-15)23-19(26)22-13-20-9-2-5-17(20)24(12-14-6-7-14)18(25)8-10-20/h1,3-5,11,14H,2,6-10,12-13H2,(H2,22,23,26). The summed E-state index contributed by atoms with van der Waals surface area (Å²) in [4.78, 5) is 26.6. The van der Waals surface area contributed by atoms with Gasteiger partial charge < -0.3 is 15.5 Å². The highest BCUT2D eigenvalue weighted by atomic mass is 19.1. The van der Waals surface area contributed by atoms with Crippen molar-refractivity contribution in [2.45, 2.75) is 38.5 Å². The van der Waals surface area contributed by atoms with Crippen molar-refractivity contribution in [2.75, 3.05) is 18.4 Å². The average molecular weight is 357 g/mol. The van der Waals surface area contributed by atoms with Crippen LogP contribution in [0.15, 0.2) is 36.0 Å². The van der Waals surface area contributed by atoms with E-state index in [0.29, 0.717) is 24.6 Å². The zero-order valence-electron chi connectivity index (χ0n) is 14.8. The fourth-order valence-electron chi connectivity index (χ4n) is 4.11. The molecule has 4 rings (SSSR count). The molecule has 1 aromatic rings. The largest absolute Gasteiger partial charge is 0.337 e. The van der Waals surface area contributed by atoms with Gasteiger partial charge in [-0.05, 0) is 56.2 Å². The van der Waals surface area contributed by atoms with Gasteiger partial charge in [0, 0.05) is 36.3 Å². The van der Waals surface area contributed by atoms with E-state index in [1.54, 1.807) is 12.1 Å². The summed E-state index contributed by atoms with van der Waals surface area (Å²) < 4.78 is 13.2. The van der Waals surface area contributed by atoms with Crippen molar-refractivity contribution in [3.05, 3.63) is 41.9 Å². The number of carbonyl (C=O) groups is 2. The van der Waals surface area contributed by atoms with Crippen LogP contribution in [0.3, 0.4) is 0 Å². The Balaban J connectivity index is 1.40. The second-order valence-electron chi connectivity index (χ2n) is 7.67. The molecule has 0 bridgehead atoms. The van der Waals surface area contributed by atoms with Gasteiger partial charge in [0.15, 0.2) is 0 Å². The number of piperidine rings is 1. The second kappa shape index (κ2) is 6.74. The molecule has 1 aliphatic heterocycles. The lowest BCUT2D eigenvalue weighted by molar-refractivity contribution is -0.133. The normalized spacial score (nSPS) is 24.9. The predicted molar refractivity (Wildman–Crippen MR) is 96.8 cm³/mol. The Labute approximate surface area is 152 Å². The molecule has 2 aliphatic carbocycles. The van der Waals surface area contributed by atoms with E-state index in [9.17, 15) is 14.0 Å². The summed E-state index contributed by atoms with van der Waals surface area (Å²) in [7, 11) is 0. The van der Waals surface area contributed by atoms with E-state index in [1.165, 1.54) is 25.0 Å². The number of fused-ring (bicyclic) bond motifs is 1. The molecule has 1 atom stereocenters. The maximum absolute atomic E-state index is 13.2. The Morgan fingerprint density at radius 3 is 2.92 bits per heavy atom. The van der Waals surface area contributed by atoms with E-state index >= 15 is 0 Å². The topological polar surface area (TPSA) is 61.4 Å². The molecule has 1 saturated carbocycles. The summed E-state index contributed by atoms with van der Waals surface area (Å²) in [5, 5.41) is 5.61. The molecule has 138 valence electrons. The molecule has 6 heteroatoms. The Bertz CT molecular complexity index is 759. The number of nitrogens with one attached hydrogen (secondary N) is 2. The third-order valence-corrected chi connectivity index (χ3v) is 5.72. The number of nitrogens with zero attached hydrogens (tertiary/aromatic N) is 1. The van der Waals surface area contributed by atoms with Gasteiger partial charge in [-0.15, -0.1) is 0 Å². The van der Waals surface area contributed by atoms with E-state index < -0.39 is 0 Å². The van der Waals surface area contributed by atoms with Crippen molar-refractivity contribution in [3.63, 3.8) is 0 Å². The van der Waals surface area contributed by atoms with E-state index in [0.717, 1.165) is 31.5 Å². The van der Waals surface area contributed by atoms with E-state index in [2.05, 4.69) is 16.7 Å². The minimum absolute atomic E-state index is 0.151. The van der Waals surface area contributed by atoms with Crippen molar-refractivity contribution in [1.82, 2.24) is 10.2 Å². The zero-order valence-corrected chi connectivity index (χ0v) is 14.8. The molecule has 26 heavy (non-hydrogen) atoms. The van der Waals surface area contributed by atoms with Gasteiger partial charge >= 0.3 is 6.03 Å². The lowest BCUT2D eigenvalue weighted by Crippen LogP contribution is -2.49. The Morgan fingerprint density at radius 2 is 2.15 bits per heavy atom. The summed E-state index contributed by atoms with van der Waals surface area (Å²) in [5.41, 5.74) is 1.38. The van der Waals surface area contributed by atoms with Gasteiger partial charge in [0.05, 0.1) is 0 Å². The number of carbonyl (C=O) groups excluding carboxylic acids is 2. The molecule has 3 aliphatic rings. The van der Waals surface area contributed by atoms with Gasteiger partial charge in [-0.3, -0.25) is 4.79 Å². The van der Waals surface area contributed by atoms with Gasteiger partial charge in [0.25, 0.3) is 0 Å². The first-order valence-corrected chi connectivity index (χ1v) is 9.37. The fraction of sp³-hybridized carbons (Fsp3) is 0.500.